The number of aliphatic hydroxyl groups excluding tert-OH is 1. The third-order valence-corrected chi connectivity index (χ3v) is 5.04. The molecule has 0 aromatic heterocycles. The summed E-state index contributed by atoms with van der Waals surface area (Å²) in [6, 6.07) is 0. The fourth-order valence-corrected chi connectivity index (χ4v) is 3.59. The first-order chi connectivity index (χ1) is 6.80. The van der Waals surface area contributed by atoms with Crippen LogP contribution in [0.4, 0.5) is 0 Å². The van der Waals surface area contributed by atoms with Gasteiger partial charge in [-0.2, -0.15) is 0 Å². The normalized spacial score (nSPS) is 46.9. The average molecular weight is 212 g/mol. The van der Waals surface area contributed by atoms with Crippen LogP contribution < -0.4 is 0 Å². The van der Waals surface area contributed by atoms with E-state index >= 15 is 0 Å². The topological polar surface area (TPSA) is 46.5 Å². The predicted molar refractivity (Wildman–Crippen MR) is 56.2 cm³/mol. The van der Waals surface area contributed by atoms with E-state index in [-0.39, 0.29) is 22.9 Å². The number of fused-ring (bicyclic) bond motifs is 2. The van der Waals surface area contributed by atoms with Gasteiger partial charge in [-0.05, 0) is 18.3 Å². The number of carbonyl (C=O) groups is 1. The first-order valence-electron chi connectivity index (χ1n) is 5.66. The summed E-state index contributed by atoms with van der Waals surface area (Å²) < 4.78 is 5.27. The van der Waals surface area contributed by atoms with Crippen molar-refractivity contribution in [3.63, 3.8) is 0 Å². The summed E-state index contributed by atoms with van der Waals surface area (Å²) >= 11 is 0. The number of ether oxygens (including phenoxy) is 1. The molecule has 2 rings (SSSR count). The Labute approximate surface area is 90.8 Å². The minimum atomic E-state index is -0.504. The van der Waals surface area contributed by atoms with Crippen LogP contribution in [-0.2, 0) is 9.53 Å². The number of esters is 1. The lowest BCUT2D eigenvalue weighted by molar-refractivity contribution is -0.158. The zero-order valence-corrected chi connectivity index (χ0v) is 9.91. The monoisotopic (exact) mass is 212 g/mol. The molecule has 2 bridgehead atoms. The molecular formula is C12H20O3. The molecule has 0 aromatic rings. The van der Waals surface area contributed by atoms with E-state index < -0.39 is 6.10 Å². The van der Waals surface area contributed by atoms with Crippen molar-refractivity contribution in [3.8, 4) is 0 Å². The van der Waals surface area contributed by atoms with Crippen molar-refractivity contribution < 1.29 is 14.6 Å². The molecular weight excluding hydrogens is 192 g/mol. The summed E-state index contributed by atoms with van der Waals surface area (Å²) in [5, 5.41) is 10.2. The lowest BCUT2D eigenvalue weighted by Gasteiger charge is -2.36. The second-order valence-corrected chi connectivity index (χ2v) is 5.80. The van der Waals surface area contributed by atoms with Crippen molar-refractivity contribution in [1.82, 2.24) is 0 Å². The molecule has 1 N–H and O–H groups in total. The van der Waals surface area contributed by atoms with Gasteiger partial charge in [0.25, 0.3) is 0 Å². The van der Waals surface area contributed by atoms with E-state index in [0.717, 1.165) is 12.8 Å². The smallest absolute Gasteiger partial charge is 0.303 e. The van der Waals surface area contributed by atoms with E-state index in [9.17, 15) is 9.90 Å². The highest BCUT2D eigenvalue weighted by Gasteiger charge is 2.67. The third-order valence-electron chi connectivity index (χ3n) is 5.04. The maximum atomic E-state index is 11.0. The van der Waals surface area contributed by atoms with Crippen LogP contribution in [0.2, 0.25) is 0 Å². The molecule has 86 valence electrons. The quantitative estimate of drug-likeness (QED) is 0.673. The van der Waals surface area contributed by atoms with Gasteiger partial charge in [-0.1, -0.05) is 20.8 Å². The van der Waals surface area contributed by atoms with Crippen molar-refractivity contribution >= 4 is 5.97 Å². The molecule has 3 heteroatoms. The van der Waals surface area contributed by atoms with Gasteiger partial charge in [0, 0.05) is 18.3 Å². The summed E-state index contributed by atoms with van der Waals surface area (Å²) in [6.07, 6.45) is 1.29. The molecule has 0 aliphatic heterocycles. The van der Waals surface area contributed by atoms with Gasteiger partial charge in [-0.25, -0.2) is 0 Å². The van der Waals surface area contributed by atoms with E-state index in [1.165, 1.54) is 6.92 Å². The van der Waals surface area contributed by atoms with Crippen LogP contribution in [0, 0.1) is 16.7 Å². The SMILES string of the molecule is CC(=O)OC1C2CCC(C)(C1O)C2(C)C. The Morgan fingerprint density at radius 1 is 1.40 bits per heavy atom. The molecule has 4 atom stereocenters. The third kappa shape index (κ3) is 1.19. The van der Waals surface area contributed by atoms with Crippen LogP contribution in [0.3, 0.4) is 0 Å². The Hall–Kier alpha value is -0.570. The summed E-state index contributed by atoms with van der Waals surface area (Å²) in [4.78, 5) is 11.0. The Morgan fingerprint density at radius 3 is 2.40 bits per heavy atom. The Bertz CT molecular complexity index is 297. The van der Waals surface area contributed by atoms with Crippen LogP contribution in [0.5, 0.6) is 0 Å². The van der Waals surface area contributed by atoms with Crippen molar-refractivity contribution in [2.45, 2.75) is 52.7 Å². The molecule has 0 spiro atoms. The van der Waals surface area contributed by atoms with E-state index in [0.29, 0.717) is 5.92 Å². The Balaban J connectivity index is 2.29. The van der Waals surface area contributed by atoms with Gasteiger partial charge in [0.2, 0.25) is 0 Å². The standard InChI is InChI=1S/C12H20O3/c1-7(13)15-9-8-5-6-12(4,10(9)14)11(8,2)3/h8-10,14H,5-6H2,1-4H3. The lowest BCUT2D eigenvalue weighted by atomic mass is 9.70. The fourth-order valence-electron chi connectivity index (χ4n) is 3.59. The summed E-state index contributed by atoms with van der Waals surface area (Å²) in [7, 11) is 0. The molecule has 15 heavy (non-hydrogen) atoms. The lowest BCUT2D eigenvalue weighted by Crippen LogP contribution is -2.41. The van der Waals surface area contributed by atoms with Gasteiger partial charge in [0.15, 0.2) is 0 Å². The first kappa shape index (κ1) is 10.9. The van der Waals surface area contributed by atoms with E-state index in [4.69, 9.17) is 4.74 Å². The van der Waals surface area contributed by atoms with Crippen molar-refractivity contribution in [2.24, 2.45) is 16.7 Å². The van der Waals surface area contributed by atoms with E-state index in [1.807, 2.05) is 0 Å². The molecule has 0 amide bonds. The van der Waals surface area contributed by atoms with Gasteiger partial charge < -0.3 is 9.84 Å². The number of hydrogen-bond donors (Lipinski definition) is 1. The van der Waals surface area contributed by atoms with Crippen LogP contribution >= 0.6 is 0 Å². The maximum absolute atomic E-state index is 11.0. The second-order valence-electron chi connectivity index (χ2n) is 5.80. The van der Waals surface area contributed by atoms with Gasteiger partial charge in [0.05, 0.1) is 6.10 Å². The van der Waals surface area contributed by atoms with E-state index in [2.05, 4.69) is 20.8 Å². The highest BCUT2D eigenvalue weighted by molar-refractivity contribution is 5.66. The zero-order valence-electron chi connectivity index (χ0n) is 9.91. The minimum Gasteiger partial charge on any atom is -0.459 e. The average Bonchev–Trinajstić information content (AvgIpc) is 2.40. The molecule has 0 radical (unpaired) electrons. The number of carbonyl (C=O) groups excluding carboxylic acids is 1. The fraction of sp³-hybridized carbons (Fsp3) is 0.917. The summed E-state index contributed by atoms with van der Waals surface area (Å²) in [5.41, 5.74) is -0.0374. The highest BCUT2D eigenvalue weighted by Crippen LogP contribution is 2.66. The predicted octanol–water partition coefficient (Wildman–Crippen LogP) is 1.74. The molecule has 2 aliphatic rings. The van der Waals surface area contributed by atoms with Crippen LogP contribution in [0.1, 0.15) is 40.5 Å². The highest BCUT2D eigenvalue weighted by atomic mass is 16.6. The van der Waals surface area contributed by atoms with Gasteiger partial charge in [0.1, 0.15) is 6.10 Å². The maximum Gasteiger partial charge on any atom is 0.303 e. The van der Waals surface area contributed by atoms with Crippen molar-refractivity contribution in [3.05, 3.63) is 0 Å². The summed E-state index contributed by atoms with van der Waals surface area (Å²) in [5.74, 6) is 0.0207. The largest absolute Gasteiger partial charge is 0.459 e. The van der Waals surface area contributed by atoms with Crippen LogP contribution in [0.25, 0.3) is 0 Å². The molecule has 0 aromatic carbocycles. The molecule has 0 saturated heterocycles. The van der Waals surface area contributed by atoms with Gasteiger partial charge in [-0.3, -0.25) is 4.79 Å². The molecule has 2 aliphatic carbocycles. The Kier molecular flexibility index (Phi) is 2.16. The van der Waals surface area contributed by atoms with Crippen LogP contribution in [-0.4, -0.2) is 23.3 Å². The molecule has 0 heterocycles. The van der Waals surface area contributed by atoms with Gasteiger partial charge >= 0.3 is 5.97 Å². The minimum absolute atomic E-state index is 0.0620. The number of aliphatic hydroxyl groups is 1. The zero-order chi connectivity index (χ0) is 11.4. The van der Waals surface area contributed by atoms with E-state index in [1.54, 1.807) is 0 Å². The molecule has 2 saturated carbocycles. The van der Waals surface area contributed by atoms with Crippen molar-refractivity contribution in [1.29, 1.82) is 0 Å². The Morgan fingerprint density at radius 2 is 2.00 bits per heavy atom. The molecule has 2 fully saturated rings. The van der Waals surface area contributed by atoms with Crippen molar-refractivity contribution in [2.75, 3.05) is 0 Å². The van der Waals surface area contributed by atoms with Crippen LogP contribution in [0.15, 0.2) is 0 Å². The molecule has 4 unspecified atom stereocenters. The second kappa shape index (κ2) is 2.97. The number of hydrogen-bond acceptors (Lipinski definition) is 3. The number of rotatable bonds is 1. The van der Waals surface area contributed by atoms with Gasteiger partial charge in [-0.15, -0.1) is 0 Å². The first-order valence-corrected chi connectivity index (χ1v) is 5.66. The molecule has 3 nitrogen and oxygen atoms in total. The summed E-state index contributed by atoms with van der Waals surface area (Å²) in [6.45, 7) is 7.88.